The Morgan fingerprint density at radius 2 is 1.68 bits per heavy atom. The first-order valence-electron chi connectivity index (χ1n) is 12.9. The van der Waals surface area contributed by atoms with Crippen molar-refractivity contribution in [2.45, 2.75) is 44.7 Å². The Bertz CT molecular complexity index is 1520. The molecule has 0 radical (unpaired) electrons. The summed E-state index contributed by atoms with van der Waals surface area (Å²) in [7, 11) is -1.54. The highest BCUT2D eigenvalue weighted by Crippen LogP contribution is 2.29. The molecular weight excluding hydrogens is 548 g/mol. The van der Waals surface area contributed by atoms with Crippen molar-refractivity contribution in [1.82, 2.24) is 10.2 Å². The molecule has 0 aliphatic heterocycles. The maximum Gasteiger partial charge on any atom is 0.273 e. The second kappa shape index (κ2) is 13.3. The van der Waals surface area contributed by atoms with Gasteiger partial charge in [-0.05, 0) is 61.7 Å². The Hall–Kier alpha value is -4.45. The summed E-state index contributed by atoms with van der Waals surface area (Å²) in [6, 6.07) is 16.2. The summed E-state index contributed by atoms with van der Waals surface area (Å²) in [4.78, 5) is 38.8. The number of hydrogen-bond acceptors (Lipinski definition) is 7. The maximum atomic E-state index is 14.0. The van der Waals surface area contributed by atoms with E-state index in [0.717, 1.165) is 21.5 Å². The van der Waals surface area contributed by atoms with E-state index in [1.807, 2.05) is 31.2 Å². The molecule has 0 aliphatic carbocycles. The quantitative estimate of drug-likeness (QED) is 0.252. The molecule has 3 rings (SSSR count). The van der Waals surface area contributed by atoms with Crippen molar-refractivity contribution in [3.63, 3.8) is 0 Å². The SMILES string of the molecule is CCC(C(=O)NC)N(Cc1ccccc1C)C(=O)CN(c1ccc(OC)cc1)S(=O)(=O)c1ccc(C)c([N+](=O)[O-])c1. The van der Waals surface area contributed by atoms with Crippen LogP contribution < -0.4 is 14.4 Å². The van der Waals surface area contributed by atoms with Crippen molar-refractivity contribution in [3.8, 4) is 5.75 Å². The number of nitro groups is 1. The van der Waals surface area contributed by atoms with E-state index in [-0.39, 0.29) is 35.1 Å². The third-order valence-corrected chi connectivity index (χ3v) is 8.61. The normalized spacial score (nSPS) is 11.8. The maximum absolute atomic E-state index is 14.0. The lowest BCUT2D eigenvalue weighted by Crippen LogP contribution is -2.51. The molecule has 0 spiro atoms. The predicted molar refractivity (Wildman–Crippen MR) is 155 cm³/mol. The lowest BCUT2D eigenvalue weighted by molar-refractivity contribution is -0.385. The molecule has 1 atom stereocenters. The minimum atomic E-state index is -4.47. The summed E-state index contributed by atoms with van der Waals surface area (Å²) in [5.41, 5.74) is 1.78. The van der Waals surface area contributed by atoms with Crippen LogP contribution in [0.1, 0.15) is 30.0 Å². The van der Waals surface area contributed by atoms with Crippen LogP contribution in [0.5, 0.6) is 5.75 Å². The third kappa shape index (κ3) is 7.01. The van der Waals surface area contributed by atoms with Crippen LogP contribution in [0.4, 0.5) is 11.4 Å². The Kier molecular flexibility index (Phi) is 10.1. The lowest BCUT2D eigenvalue weighted by atomic mass is 10.1. The fraction of sp³-hybridized carbons (Fsp3) is 0.310. The molecule has 0 heterocycles. The molecule has 2 amide bonds. The number of carbonyl (C=O) groups excluding carboxylic acids is 2. The minimum absolute atomic E-state index is 0.0734. The van der Waals surface area contributed by atoms with Gasteiger partial charge in [0.15, 0.2) is 0 Å². The predicted octanol–water partition coefficient (Wildman–Crippen LogP) is 3.97. The number of nitrogens with one attached hydrogen (secondary N) is 1. The van der Waals surface area contributed by atoms with Crippen LogP contribution in [0.15, 0.2) is 71.6 Å². The molecule has 0 aromatic heterocycles. The average molecular weight is 583 g/mol. The number of methoxy groups -OCH3 is 1. The van der Waals surface area contributed by atoms with Gasteiger partial charge in [-0.2, -0.15) is 0 Å². The van der Waals surface area contributed by atoms with Crippen LogP contribution in [-0.4, -0.2) is 56.8 Å². The number of nitro benzene ring substituents is 1. The summed E-state index contributed by atoms with van der Waals surface area (Å²) in [5, 5.41) is 14.1. The number of carbonyl (C=O) groups is 2. The largest absolute Gasteiger partial charge is 0.497 e. The van der Waals surface area contributed by atoms with Crippen LogP contribution in [0.25, 0.3) is 0 Å². The van der Waals surface area contributed by atoms with Crippen molar-refractivity contribution in [2.75, 3.05) is 25.0 Å². The average Bonchev–Trinajstić information content (AvgIpc) is 2.96. The highest BCUT2D eigenvalue weighted by atomic mass is 32.2. The molecule has 0 bridgehead atoms. The van der Waals surface area contributed by atoms with Crippen LogP contribution in [0.3, 0.4) is 0 Å². The zero-order chi connectivity index (χ0) is 30.3. The topological polar surface area (TPSA) is 139 Å². The van der Waals surface area contributed by atoms with Gasteiger partial charge in [-0.25, -0.2) is 8.42 Å². The molecule has 0 fully saturated rings. The van der Waals surface area contributed by atoms with Crippen LogP contribution in [0, 0.1) is 24.0 Å². The second-order valence-electron chi connectivity index (χ2n) is 9.40. The van der Waals surface area contributed by atoms with Gasteiger partial charge in [-0.3, -0.25) is 24.0 Å². The first-order valence-corrected chi connectivity index (χ1v) is 14.4. The van der Waals surface area contributed by atoms with Crippen LogP contribution in [0.2, 0.25) is 0 Å². The van der Waals surface area contributed by atoms with Gasteiger partial charge >= 0.3 is 0 Å². The Balaban J connectivity index is 2.13. The number of aryl methyl sites for hydroxylation is 2. The van der Waals surface area contributed by atoms with E-state index < -0.39 is 33.4 Å². The van der Waals surface area contributed by atoms with E-state index >= 15 is 0 Å². The molecule has 3 aromatic carbocycles. The second-order valence-corrected chi connectivity index (χ2v) is 11.3. The fourth-order valence-electron chi connectivity index (χ4n) is 4.41. The van der Waals surface area contributed by atoms with Crippen molar-refractivity contribution in [2.24, 2.45) is 0 Å². The van der Waals surface area contributed by atoms with Crippen molar-refractivity contribution in [3.05, 3.63) is 93.5 Å². The highest BCUT2D eigenvalue weighted by Gasteiger charge is 2.34. The summed E-state index contributed by atoms with van der Waals surface area (Å²) in [5.74, 6) is -0.539. The molecule has 11 nitrogen and oxygen atoms in total. The van der Waals surface area contributed by atoms with Crippen molar-refractivity contribution < 1.29 is 27.7 Å². The van der Waals surface area contributed by atoms with E-state index in [1.54, 1.807) is 19.1 Å². The molecule has 12 heteroatoms. The third-order valence-electron chi connectivity index (χ3n) is 6.84. The Morgan fingerprint density at radius 3 is 2.24 bits per heavy atom. The van der Waals surface area contributed by atoms with E-state index in [0.29, 0.717) is 11.3 Å². The van der Waals surface area contributed by atoms with Crippen molar-refractivity contribution in [1.29, 1.82) is 0 Å². The van der Waals surface area contributed by atoms with Gasteiger partial charge in [-0.1, -0.05) is 37.3 Å². The van der Waals surface area contributed by atoms with E-state index in [9.17, 15) is 28.1 Å². The monoisotopic (exact) mass is 582 g/mol. The Morgan fingerprint density at radius 1 is 1.02 bits per heavy atom. The van der Waals surface area contributed by atoms with E-state index in [2.05, 4.69) is 5.32 Å². The van der Waals surface area contributed by atoms with Gasteiger partial charge in [0.1, 0.15) is 18.3 Å². The van der Waals surface area contributed by atoms with Crippen LogP contribution >= 0.6 is 0 Å². The number of rotatable bonds is 12. The van der Waals surface area contributed by atoms with E-state index in [4.69, 9.17) is 4.74 Å². The summed E-state index contributed by atoms with van der Waals surface area (Å²) in [6.45, 7) is 4.57. The van der Waals surface area contributed by atoms with Gasteiger partial charge < -0.3 is 15.0 Å². The zero-order valence-electron chi connectivity index (χ0n) is 23.7. The summed E-state index contributed by atoms with van der Waals surface area (Å²) < 4.78 is 34.1. The van der Waals surface area contributed by atoms with E-state index in [1.165, 1.54) is 50.2 Å². The molecule has 1 unspecified atom stereocenters. The first kappa shape index (κ1) is 31.1. The molecular formula is C29H34N4O7S. The fourth-order valence-corrected chi connectivity index (χ4v) is 5.84. The van der Waals surface area contributed by atoms with Crippen LogP contribution in [-0.2, 0) is 26.2 Å². The molecule has 41 heavy (non-hydrogen) atoms. The Labute approximate surface area is 239 Å². The number of nitrogens with zero attached hydrogens (tertiary/aromatic N) is 3. The number of anilines is 1. The van der Waals surface area contributed by atoms with Gasteiger partial charge in [0, 0.05) is 25.2 Å². The number of likely N-dealkylation sites (N-methyl/N-ethyl adjacent to an activating group) is 1. The standard InChI is InChI=1S/C29H34N4O7S/c1-6-26(29(35)30-4)31(18-22-10-8-7-9-20(22)2)28(34)19-32(23-12-14-24(40-5)15-13-23)41(38,39)25-16-11-21(3)27(17-25)33(36)37/h7-17,26H,6,18-19H2,1-5H3,(H,30,35). The van der Waals surface area contributed by atoms with Gasteiger partial charge in [0.25, 0.3) is 15.7 Å². The zero-order valence-corrected chi connectivity index (χ0v) is 24.5. The van der Waals surface area contributed by atoms with Gasteiger partial charge in [0.05, 0.1) is 22.6 Å². The highest BCUT2D eigenvalue weighted by molar-refractivity contribution is 7.92. The van der Waals surface area contributed by atoms with Gasteiger partial charge in [0.2, 0.25) is 11.8 Å². The molecule has 218 valence electrons. The number of benzene rings is 3. The number of amides is 2. The summed E-state index contributed by atoms with van der Waals surface area (Å²) >= 11 is 0. The summed E-state index contributed by atoms with van der Waals surface area (Å²) in [6.07, 6.45) is 0.288. The lowest BCUT2D eigenvalue weighted by Gasteiger charge is -2.33. The minimum Gasteiger partial charge on any atom is -0.497 e. The first-order chi connectivity index (χ1) is 19.4. The molecule has 3 aromatic rings. The molecule has 1 N–H and O–H groups in total. The van der Waals surface area contributed by atoms with Gasteiger partial charge in [-0.15, -0.1) is 0 Å². The van der Waals surface area contributed by atoms with Crippen molar-refractivity contribution >= 4 is 33.2 Å². The smallest absolute Gasteiger partial charge is 0.273 e. The number of hydrogen-bond donors (Lipinski definition) is 1. The molecule has 0 saturated heterocycles. The molecule has 0 saturated carbocycles. The number of ether oxygens (including phenoxy) is 1. The number of sulfonamides is 1. The molecule has 0 aliphatic rings.